The molecule has 0 fully saturated rings. The molecule has 5 heteroatoms. The SMILES string of the molecule is Oc1cc(-c2cccc(C(F)(F)F)c2)nc2ccccc12. The van der Waals surface area contributed by atoms with Crippen LogP contribution in [0.4, 0.5) is 13.2 Å². The molecule has 0 unspecified atom stereocenters. The first kappa shape index (κ1) is 13.4. The van der Waals surface area contributed by atoms with Crippen molar-refractivity contribution in [2.24, 2.45) is 0 Å². The second kappa shape index (κ2) is 4.77. The molecule has 3 aromatic rings. The number of alkyl halides is 3. The molecule has 0 aliphatic rings. The molecule has 0 atom stereocenters. The lowest BCUT2D eigenvalue weighted by molar-refractivity contribution is -0.137. The number of hydrogen-bond donors (Lipinski definition) is 1. The van der Waals surface area contributed by atoms with Crippen LogP contribution in [0.1, 0.15) is 5.56 Å². The summed E-state index contributed by atoms with van der Waals surface area (Å²) < 4.78 is 38.2. The van der Waals surface area contributed by atoms with Gasteiger partial charge in [0.25, 0.3) is 0 Å². The molecule has 3 rings (SSSR count). The molecule has 2 nitrogen and oxygen atoms in total. The van der Waals surface area contributed by atoms with Crippen LogP contribution in [0.5, 0.6) is 5.75 Å². The fourth-order valence-corrected chi connectivity index (χ4v) is 2.16. The van der Waals surface area contributed by atoms with Gasteiger partial charge >= 0.3 is 6.18 Å². The van der Waals surface area contributed by atoms with E-state index in [0.29, 0.717) is 22.2 Å². The lowest BCUT2D eigenvalue weighted by atomic mass is 10.1. The Bertz CT molecular complexity index is 812. The van der Waals surface area contributed by atoms with E-state index >= 15 is 0 Å². The smallest absolute Gasteiger partial charge is 0.416 e. The molecule has 1 N–H and O–H groups in total. The van der Waals surface area contributed by atoms with Crippen LogP contribution in [0.25, 0.3) is 22.2 Å². The van der Waals surface area contributed by atoms with Gasteiger partial charge < -0.3 is 5.11 Å². The molecule has 21 heavy (non-hydrogen) atoms. The fraction of sp³-hybridized carbons (Fsp3) is 0.0625. The summed E-state index contributed by atoms with van der Waals surface area (Å²) in [5.74, 6) is -0.00647. The summed E-state index contributed by atoms with van der Waals surface area (Å²) in [4.78, 5) is 4.30. The van der Waals surface area contributed by atoms with E-state index < -0.39 is 11.7 Å². The van der Waals surface area contributed by atoms with E-state index in [9.17, 15) is 18.3 Å². The van der Waals surface area contributed by atoms with Gasteiger partial charge in [-0.2, -0.15) is 13.2 Å². The van der Waals surface area contributed by atoms with Crippen LogP contribution in [0.2, 0.25) is 0 Å². The van der Waals surface area contributed by atoms with Crippen LogP contribution in [0.15, 0.2) is 54.6 Å². The molecule has 1 aromatic heterocycles. The van der Waals surface area contributed by atoms with Crippen molar-refractivity contribution in [1.29, 1.82) is 0 Å². The van der Waals surface area contributed by atoms with Gasteiger partial charge in [-0.25, -0.2) is 4.98 Å². The van der Waals surface area contributed by atoms with Gasteiger partial charge in [-0.15, -0.1) is 0 Å². The lowest BCUT2D eigenvalue weighted by Gasteiger charge is -2.09. The maximum absolute atomic E-state index is 12.7. The monoisotopic (exact) mass is 289 g/mol. The molecule has 0 radical (unpaired) electrons. The normalized spacial score (nSPS) is 11.8. The van der Waals surface area contributed by atoms with E-state index in [4.69, 9.17) is 0 Å². The molecule has 0 aliphatic heterocycles. The van der Waals surface area contributed by atoms with Crippen molar-refractivity contribution < 1.29 is 18.3 Å². The van der Waals surface area contributed by atoms with E-state index in [1.807, 2.05) is 0 Å². The van der Waals surface area contributed by atoms with Crippen LogP contribution in [-0.2, 0) is 6.18 Å². The van der Waals surface area contributed by atoms with E-state index in [1.165, 1.54) is 18.2 Å². The van der Waals surface area contributed by atoms with Crippen molar-refractivity contribution in [2.45, 2.75) is 6.18 Å². The van der Waals surface area contributed by atoms with Gasteiger partial charge in [-0.1, -0.05) is 24.3 Å². The Morgan fingerprint density at radius 1 is 0.905 bits per heavy atom. The number of aromatic hydroxyl groups is 1. The van der Waals surface area contributed by atoms with Crippen molar-refractivity contribution >= 4 is 10.9 Å². The van der Waals surface area contributed by atoms with Crippen molar-refractivity contribution in [2.75, 3.05) is 0 Å². The molecule has 106 valence electrons. The summed E-state index contributed by atoms with van der Waals surface area (Å²) in [5, 5.41) is 10.5. The molecule has 1 heterocycles. The zero-order valence-electron chi connectivity index (χ0n) is 10.7. The van der Waals surface area contributed by atoms with Crippen LogP contribution >= 0.6 is 0 Å². The number of halogens is 3. The average molecular weight is 289 g/mol. The molecule has 0 saturated carbocycles. The Balaban J connectivity index is 2.17. The maximum atomic E-state index is 12.7. The Morgan fingerprint density at radius 3 is 2.43 bits per heavy atom. The Hall–Kier alpha value is -2.56. The predicted molar refractivity (Wildman–Crippen MR) is 73.8 cm³/mol. The third-order valence-corrected chi connectivity index (χ3v) is 3.18. The van der Waals surface area contributed by atoms with Gasteiger partial charge in [-0.3, -0.25) is 0 Å². The molecule has 0 saturated heterocycles. The minimum absolute atomic E-state index is 0.00647. The Labute approximate surface area is 118 Å². The molecular weight excluding hydrogens is 279 g/mol. The highest BCUT2D eigenvalue weighted by Crippen LogP contribution is 2.33. The van der Waals surface area contributed by atoms with Crippen molar-refractivity contribution in [1.82, 2.24) is 4.98 Å². The van der Waals surface area contributed by atoms with Crippen LogP contribution in [-0.4, -0.2) is 10.1 Å². The number of aromatic nitrogens is 1. The number of hydrogen-bond acceptors (Lipinski definition) is 2. The largest absolute Gasteiger partial charge is 0.507 e. The molecule has 0 spiro atoms. The first-order valence-corrected chi connectivity index (χ1v) is 6.21. The number of pyridine rings is 1. The summed E-state index contributed by atoms with van der Waals surface area (Å²) in [6.07, 6.45) is -4.41. The molecule has 0 aliphatic carbocycles. The summed E-state index contributed by atoms with van der Waals surface area (Å²) in [7, 11) is 0. The summed E-state index contributed by atoms with van der Waals surface area (Å²) in [6, 6.07) is 13.2. The highest BCUT2D eigenvalue weighted by atomic mass is 19.4. The number of fused-ring (bicyclic) bond motifs is 1. The van der Waals surface area contributed by atoms with Crippen molar-refractivity contribution in [3.8, 4) is 17.0 Å². The molecule has 2 aromatic carbocycles. The topological polar surface area (TPSA) is 33.1 Å². The van der Waals surface area contributed by atoms with Crippen molar-refractivity contribution in [3.63, 3.8) is 0 Å². The number of benzene rings is 2. The number of nitrogens with zero attached hydrogens (tertiary/aromatic N) is 1. The summed E-state index contributed by atoms with van der Waals surface area (Å²) >= 11 is 0. The first-order valence-electron chi connectivity index (χ1n) is 6.21. The van der Waals surface area contributed by atoms with Gasteiger partial charge in [0.2, 0.25) is 0 Å². The van der Waals surface area contributed by atoms with Crippen molar-refractivity contribution in [3.05, 3.63) is 60.2 Å². The minimum atomic E-state index is -4.41. The predicted octanol–water partition coefficient (Wildman–Crippen LogP) is 4.63. The van der Waals surface area contributed by atoms with Gasteiger partial charge in [0.1, 0.15) is 5.75 Å². The van der Waals surface area contributed by atoms with E-state index in [-0.39, 0.29) is 5.75 Å². The zero-order chi connectivity index (χ0) is 15.0. The van der Waals surface area contributed by atoms with Crippen LogP contribution in [0, 0.1) is 0 Å². The highest BCUT2D eigenvalue weighted by Gasteiger charge is 2.30. The number of rotatable bonds is 1. The molecule has 0 bridgehead atoms. The van der Waals surface area contributed by atoms with Crippen LogP contribution in [0.3, 0.4) is 0 Å². The summed E-state index contributed by atoms with van der Waals surface area (Å²) in [5.41, 5.74) is 0.405. The van der Waals surface area contributed by atoms with Crippen LogP contribution < -0.4 is 0 Å². The Morgan fingerprint density at radius 2 is 1.67 bits per heavy atom. The second-order valence-electron chi connectivity index (χ2n) is 4.62. The molecule has 0 amide bonds. The third-order valence-electron chi connectivity index (χ3n) is 3.18. The zero-order valence-corrected chi connectivity index (χ0v) is 10.7. The third kappa shape index (κ3) is 2.54. The first-order chi connectivity index (χ1) is 9.95. The van der Waals surface area contributed by atoms with E-state index in [2.05, 4.69) is 4.98 Å². The lowest BCUT2D eigenvalue weighted by Crippen LogP contribution is -2.04. The minimum Gasteiger partial charge on any atom is -0.507 e. The standard InChI is InChI=1S/C16H10F3NO/c17-16(18,19)11-5-3-4-10(8-11)14-9-15(21)12-6-1-2-7-13(12)20-14/h1-9H,(H,20,21). The fourth-order valence-electron chi connectivity index (χ4n) is 2.16. The number of para-hydroxylation sites is 1. The molecular formula is C16H10F3NO. The van der Waals surface area contributed by atoms with Gasteiger partial charge in [0, 0.05) is 17.0 Å². The van der Waals surface area contributed by atoms with E-state index in [0.717, 1.165) is 12.1 Å². The quantitative estimate of drug-likeness (QED) is 0.708. The summed E-state index contributed by atoms with van der Waals surface area (Å²) in [6.45, 7) is 0. The van der Waals surface area contributed by atoms with Gasteiger partial charge in [0.15, 0.2) is 0 Å². The maximum Gasteiger partial charge on any atom is 0.416 e. The van der Waals surface area contributed by atoms with Gasteiger partial charge in [0.05, 0.1) is 16.8 Å². The second-order valence-corrected chi connectivity index (χ2v) is 4.62. The van der Waals surface area contributed by atoms with E-state index in [1.54, 1.807) is 24.3 Å². The average Bonchev–Trinajstić information content (AvgIpc) is 2.46. The Kier molecular flexibility index (Phi) is 3.05. The highest BCUT2D eigenvalue weighted by molar-refractivity contribution is 5.87. The van der Waals surface area contributed by atoms with Gasteiger partial charge in [-0.05, 0) is 24.3 Å².